The molecule has 1 aromatic carbocycles. The quantitative estimate of drug-likeness (QED) is 0.579. The first-order valence-electron chi connectivity index (χ1n) is 4.47. The minimum atomic E-state index is 0.557. The van der Waals surface area contributed by atoms with Crippen LogP contribution in [-0.4, -0.2) is 9.38 Å². The Morgan fingerprint density at radius 3 is 2.86 bits per heavy atom. The van der Waals surface area contributed by atoms with Crippen molar-refractivity contribution >= 4 is 22.4 Å². The Morgan fingerprint density at radius 2 is 1.93 bits per heavy atom. The molecule has 0 bridgehead atoms. The number of fused-ring (bicyclic) bond motifs is 3. The van der Waals surface area contributed by atoms with Crippen LogP contribution in [0.3, 0.4) is 0 Å². The van der Waals surface area contributed by atoms with E-state index in [0.29, 0.717) is 5.82 Å². The van der Waals surface area contributed by atoms with Gasteiger partial charge in [-0.05, 0) is 23.6 Å². The molecule has 0 saturated carbocycles. The number of hydrogen-bond donors (Lipinski definition) is 1. The summed E-state index contributed by atoms with van der Waals surface area (Å²) in [5, 5.41) is 1.19. The standard InChI is InChI=1S/C11H9N3/c12-10-7-14-9-4-2-1-3-8(9)5-6-11(14)13-10/h1-7H,12H2. The lowest BCUT2D eigenvalue weighted by molar-refractivity contribution is 1.26. The van der Waals surface area contributed by atoms with Crippen LogP contribution >= 0.6 is 0 Å². The zero-order valence-corrected chi connectivity index (χ0v) is 7.51. The van der Waals surface area contributed by atoms with Crippen LogP contribution in [0.4, 0.5) is 5.82 Å². The number of nitrogen functional groups attached to an aromatic ring is 1. The van der Waals surface area contributed by atoms with Crippen molar-refractivity contribution in [2.24, 2.45) is 0 Å². The number of imidazole rings is 1. The highest BCUT2D eigenvalue weighted by atomic mass is 15.0. The SMILES string of the molecule is Nc1cn2c(ccc3ccccc32)n1. The fourth-order valence-electron chi connectivity index (χ4n) is 1.74. The zero-order chi connectivity index (χ0) is 9.54. The Bertz CT molecular complexity index is 610. The maximum Gasteiger partial charge on any atom is 0.142 e. The summed E-state index contributed by atoms with van der Waals surface area (Å²) in [5.41, 5.74) is 7.67. The van der Waals surface area contributed by atoms with Gasteiger partial charge in [0, 0.05) is 0 Å². The summed E-state index contributed by atoms with van der Waals surface area (Å²) in [7, 11) is 0. The fourth-order valence-corrected chi connectivity index (χ4v) is 1.74. The molecule has 3 nitrogen and oxygen atoms in total. The van der Waals surface area contributed by atoms with E-state index in [1.807, 2.05) is 28.8 Å². The number of para-hydroxylation sites is 1. The summed E-state index contributed by atoms with van der Waals surface area (Å²) >= 11 is 0. The number of hydrogen-bond acceptors (Lipinski definition) is 2. The molecule has 0 fully saturated rings. The first-order chi connectivity index (χ1) is 6.84. The summed E-state index contributed by atoms with van der Waals surface area (Å²) < 4.78 is 2.00. The van der Waals surface area contributed by atoms with Gasteiger partial charge in [-0.1, -0.05) is 18.2 Å². The highest BCUT2D eigenvalue weighted by Gasteiger charge is 2.01. The molecule has 0 aliphatic rings. The second-order valence-corrected chi connectivity index (χ2v) is 3.29. The van der Waals surface area contributed by atoms with Gasteiger partial charge in [-0.3, -0.25) is 4.40 Å². The van der Waals surface area contributed by atoms with Crippen molar-refractivity contribution in [3.63, 3.8) is 0 Å². The maximum atomic E-state index is 5.65. The van der Waals surface area contributed by atoms with Crippen molar-refractivity contribution in [1.29, 1.82) is 0 Å². The minimum absolute atomic E-state index is 0.557. The van der Waals surface area contributed by atoms with E-state index < -0.39 is 0 Å². The molecule has 0 amide bonds. The van der Waals surface area contributed by atoms with Gasteiger partial charge in [-0.15, -0.1) is 0 Å². The molecular formula is C11H9N3. The van der Waals surface area contributed by atoms with E-state index in [2.05, 4.69) is 23.2 Å². The van der Waals surface area contributed by atoms with Gasteiger partial charge < -0.3 is 5.73 Å². The van der Waals surface area contributed by atoms with E-state index in [0.717, 1.165) is 11.2 Å². The maximum absolute atomic E-state index is 5.65. The second-order valence-electron chi connectivity index (χ2n) is 3.29. The van der Waals surface area contributed by atoms with Crippen LogP contribution in [-0.2, 0) is 0 Å². The van der Waals surface area contributed by atoms with Crippen LogP contribution in [0.15, 0.2) is 42.6 Å². The Kier molecular flexibility index (Phi) is 1.31. The molecule has 14 heavy (non-hydrogen) atoms. The molecule has 2 heterocycles. The predicted molar refractivity (Wildman–Crippen MR) is 57.1 cm³/mol. The highest BCUT2D eigenvalue weighted by Crippen LogP contribution is 2.17. The van der Waals surface area contributed by atoms with Gasteiger partial charge in [0.15, 0.2) is 0 Å². The number of nitrogens with two attached hydrogens (primary N) is 1. The third-order valence-corrected chi connectivity index (χ3v) is 2.36. The van der Waals surface area contributed by atoms with Crippen molar-refractivity contribution in [2.45, 2.75) is 0 Å². The Morgan fingerprint density at radius 1 is 1.07 bits per heavy atom. The van der Waals surface area contributed by atoms with Crippen LogP contribution in [0.1, 0.15) is 0 Å². The topological polar surface area (TPSA) is 43.3 Å². The van der Waals surface area contributed by atoms with E-state index in [1.54, 1.807) is 0 Å². The summed E-state index contributed by atoms with van der Waals surface area (Å²) in [6.45, 7) is 0. The molecule has 68 valence electrons. The van der Waals surface area contributed by atoms with Gasteiger partial charge in [0.05, 0.1) is 11.7 Å². The lowest BCUT2D eigenvalue weighted by atomic mass is 10.2. The molecule has 0 saturated heterocycles. The van der Waals surface area contributed by atoms with Crippen molar-refractivity contribution in [3.8, 4) is 0 Å². The van der Waals surface area contributed by atoms with E-state index in [-0.39, 0.29) is 0 Å². The molecule has 0 atom stereocenters. The second kappa shape index (κ2) is 2.48. The average Bonchev–Trinajstić information content (AvgIpc) is 2.59. The van der Waals surface area contributed by atoms with E-state index in [1.165, 1.54) is 5.39 Å². The number of rotatable bonds is 0. The number of nitrogens with zero attached hydrogens (tertiary/aromatic N) is 2. The molecule has 3 rings (SSSR count). The zero-order valence-electron chi connectivity index (χ0n) is 7.51. The molecule has 3 aromatic rings. The normalized spacial score (nSPS) is 11.1. The molecule has 0 aliphatic carbocycles. The smallest absolute Gasteiger partial charge is 0.142 e. The first-order valence-corrected chi connectivity index (χ1v) is 4.47. The molecule has 0 aliphatic heterocycles. The third-order valence-electron chi connectivity index (χ3n) is 2.36. The predicted octanol–water partition coefficient (Wildman–Crippen LogP) is 2.07. The highest BCUT2D eigenvalue weighted by molar-refractivity contribution is 5.82. The van der Waals surface area contributed by atoms with Crippen molar-refractivity contribution in [3.05, 3.63) is 42.6 Å². The van der Waals surface area contributed by atoms with E-state index in [9.17, 15) is 0 Å². The summed E-state index contributed by atoms with van der Waals surface area (Å²) in [5.74, 6) is 0.557. The Hall–Kier alpha value is -2.03. The Labute approximate surface area is 80.8 Å². The Balaban J connectivity index is 2.60. The van der Waals surface area contributed by atoms with Gasteiger partial charge in [0.2, 0.25) is 0 Å². The van der Waals surface area contributed by atoms with Gasteiger partial charge in [0.1, 0.15) is 11.5 Å². The van der Waals surface area contributed by atoms with E-state index >= 15 is 0 Å². The largest absolute Gasteiger partial charge is 0.382 e. The van der Waals surface area contributed by atoms with Crippen LogP contribution in [0.2, 0.25) is 0 Å². The monoisotopic (exact) mass is 183 g/mol. The lowest BCUT2D eigenvalue weighted by Crippen LogP contribution is -1.85. The molecule has 2 aromatic heterocycles. The van der Waals surface area contributed by atoms with Gasteiger partial charge >= 0.3 is 0 Å². The number of benzene rings is 1. The van der Waals surface area contributed by atoms with Crippen LogP contribution in [0.25, 0.3) is 16.6 Å². The summed E-state index contributed by atoms with van der Waals surface area (Å²) in [6.07, 6.45) is 1.84. The summed E-state index contributed by atoms with van der Waals surface area (Å²) in [4.78, 5) is 4.20. The lowest BCUT2D eigenvalue weighted by Gasteiger charge is -1.99. The average molecular weight is 183 g/mol. The first kappa shape index (κ1) is 7.38. The van der Waals surface area contributed by atoms with Crippen molar-refractivity contribution < 1.29 is 0 Å². The van der Waals surface area contributed by atoms with Gasteiger partial charge in [0.25, 0.3) is 0 Å². The number of aromatic nitrogens is 2. The summed E-state index contributed by atoms with van der Waals surface area (Å²) in [6, 6.07) is 12.2. The van der Waals surface area contributed by atoms with Crippen LogP contribution < -0.4 is 5.73 Å². The van der Waals surface area contributed by atoms with E-state index in [4.69, 9.17) is 5.73 Å². The molecule has 0 spiro atoms. The number of pyridine rings is 1. The fraction of sp³-hybridized carbons (Fsp3) is 0. The van der Waals surface area contributed by atoms with Crippen LogP contribution in [0, 0.1) is 0 Å². The van der Waals surface area contributed by atoms with Crippen LogP contribution in [0.5, 0.6) is 0 Å². The third kappa shape index (κ3) is 0.893. The van der Waals surface area contributed by atoms with Crippen molar-refractivity contribution in [2.75, 3.05) is 5.73 Å². The molecule has 2 N–H and O–H groups in total. The molecule has 0 unspecified atom stereocenters. The molecule has 3 heteroatoms. The number of anilines is 1. The molecular weight excluding hydrogens is 174 g/mol. The van der Waals surface area contributed by atoms with Crippen molar-refractivity contribution in [1.82, 2.24) is 9.38 Å². The van der Waals surface area contributed by atoms with Gasteiger partial charge in [-0.2, -0.15) is 0 Å². The minimum Gasteiger partial charge on any atom is -0.382 e. The molecule has 0 radical (unpaired) electrons. The van der Waals surface area contributed by atoms with Gasteiger partial charge in [-0.25, -0.2) is 4.98 Å².